The number of carbonyl (C=O) groups is 3. The Morgan fingerprint density at radius 1 is 0.717 bits per heavy atom. The number of anilines is 2. The van der Waals surface area contributed by atoms with Crippen LogP contribution in [0.15, 0.2) is 95.2 Å². The number of likely N-dealkylation sites (tertiary alicyclic amines) is 2. The number of ether oxygens (including phenoxy) is 2. The second kappa shape index (κ2) is 17.4. The Labute approximate surface area is 347 Å². The lowest BCUT2D eigenvalue weighted by Gasteiger charge is -2.40. The van der Waals surface area contributed by atoms with Gasteiger partial charge in [0, 0.05) is 49.9 Å². The van der Waals surface area contributed by atoms with E-state index in [4.69, 9.17) is 24.9 Å². The van der Waals surface area contributed by atoms with Gasteiger partial charge in [0.15, 0.2) is 0 Å². The van der Waals surface area contributed by atoms with Crippen LogP contribution in [-0.2, 0) is 24.1 Å². The van der Waals surface area contributed by atoms with Crippen LogP contribution in [0.5, 0.6) is 11.5 Å². The number of methoxy groups -OCH3 is 2. The summed E-state index contributed by atoms with van der Waals surface area (Å²) in [6.07, 6.45) is 4.11. The number of hydrogen-bond donors (Lipinski definition) is 2. The highest BCUT2D eigenvalue weighted by Gasteiger charge is 2.53. The fraction of sp³-hybridized carbons (Fsp3) is 0.356. The Morgan fingerprint density at radius 3 is 1.62 bits per heavy atom. The maximum atomic E-state index is 13.5. The van der Waals surface area contributed by atoms with Crippen LogP contribution in [-0.4, -0.2) is 78.0 Å². The first-order valence-electron chi connectivity index (χ1n) is 19.9. The van der Waals surface area contributed by atoms with E-state index in [0.717, 1.165) is 35.1 Å². The number of piperidine rings is 2. The molecule has 3 N–H and O–H groups in total. The summed E-state index contributed by atoms with van der Waals surface area (Å²) in [5.74, 6) is 0.266. The largest absolute Gasteiger partial charge is 0.495 e. The number of benzene rings is 4. The predicted octanol–water partition coefficient (Wildman–Crippen LogP) is 7.31. The zero-order valence-corrected chi connectivity index (χ0v) is 34.0. The van der Waals surface area contributed by atoms with Gasteiger partial charge in [-0.25, -0.2) is 8.78 Å². The van der Waals surface area contributed by atoms with Crippen molar-refractivity contribution in [3.63, 3.8) is 0 Å². The highest BCUT2D eigenvalue weighted by atomic mass is 19.1. The molecule has 15 heteroatoms. The summed E-state index contributed by atoms with van der Waals surface area (Å²) in [6.45, 7) is 5.13. The van der Waals surface area contributed by atoms with Gasteiger partial charge < -0.3 is 40.0 Å². The van der Waals surface area contributed by atoms with Gasteiger partial charge in [0.25, 0.3) is 11.8 Å². The van der Waals surface area contributed by atoms with Crippen LogP contribution >= 0.6 is 0 Å². The lowest BCUT2D eigenvalue weighted by molar-refractivity contribution is -0.164. The third kappa shape index (κ3) is 8.20. The number of amides is 3. The Hall–Kier alpha value is -6.51. The predicted molar refractivity (Wildman–Crippen MR) is 222 cm³/mol. The lowest BCUT2D eigenvalue weighted by atomic mass is 9.84. The molecule has 3 amide bonds. The molecule has 4 aliphatic heterocycles. The number of halogens is 2. The number of nitrogens with two attached hydrogens (primary N) is 1. The van der Waals surface area contributed by atoms with Crippen molar-refractivity contribution in [2.75, 3.05) is 38.4 Å². The van der Waals surface area contributed by atoms with E-state index >= 15 is 0 Å². The van der Waals surface area contributed by atoms with E-state index < -0.39 is 11.2 Å². The van der Waals surface area contributed by atoms with Crippen LogP contribution in [0.4, 0.5) is 20.2 Å². The maximum Gasteiger partial charge on any atom is 0.270 e. The molecule has 0 aromatic heterocycles. The zero-order chi connectivity index (χ0) is 42.6. The van der Waals surface area contributed by atoms with Crippen molar-refractivity contribution in [3.05, 3.63) is 119 Å². The van der Waals surface area contributed by atoms with Gasteiger partial charge in [0.1, 0.15) is 23.1 Å². The summed E-state index contributed by atoms with van der Waals surface area (Å²) < 4.78 is 37.2. The second-order valence-electron chi connectivity index (χ2n) is 15.4. The first-order valence-corrected chi connectivity index (χ1v) is 19.9. The monoisotopic (exact) mass is 822 g/mol. The van der Waals surface area contributed by atoms with E-state index in [9.17, 15) is 23.2 Å². The van der Waals surface area contributed by atoms with Crippen molar-refractivity contribution in [2.24, 2.45) is 10.3 Å². The molecular formula is C45H48F2N6O7. The lowest BCUT2D eigenvalue weighted by Crippen LogP contribution is -2.54. The van der Waals surface area contributed by atoms with Crippen LogP contribution in [0.3, 0.4) is 0 Å². The molecule has 4 heterocycles. The maximum absolute atomic E-state index is 13.5. The van der Waals surface area contributed by atoms with Gasteiger partial charge in [0.2, 0.25) is 17.6 Å². The van der Waals surface area contributed by atoms with Crippen LogP contribution in [0.1, 0.15) is 86.7 Å². The first kappa shape index (κ1) is 41.6. The normalized spacial score (nSPS) is 21.9. The Kier molecular flexibility index (Phi) is 12.1. The molecule has 2 spiro atoms. The molecule has 60 heavy (non-hydrogen) atoms. The summed E-state index contributed by atoms with van der Waals surface area (Å²) in [5, 5.41) is 11.1. The first-order chi connectivity index (χ1) is 28.9. The molecule has 0 aliphatic carbocycles. The molecule has 4 aromatic carbocycles. The molecule has 0 bridgehead atoms. The minimum absolute atomic E-state index is 0.0817. The van der Waals surface area contributed by atoms with Gasteiger partial charge in [-0.2, -0.15) is 0 Å². The molecule has 8 rings (SSSR count). The number of hydrogen-bond acceptors (Lipinski definition) is 10. The van der Waals surface area contributed by atoms with Gasteiger partial charge >= 0.3 is 0 Å². The number of nitrogen functional groups attached to an aromatic ring is 1. The summed E-state index contributed by atoms with van der Waals surface area (Å²) in [5.41, 5.74) is 9.66. The van der Waals surface area contributed by atoms with E-state index in [-0.39, 0.29) is 35.5 Å². The van der Waals surface area contributed by atoms with Gasteiger partial charge in [-0.3, -0.25) is 14.4 Å². The van der Waals surface area contributed by atoms with Crippen LogP contribution < -0.4 is 20.5 Å². The molecular weight excluding hydrogens is 775 g/mol. The van der Waals surface area contributed by atoms with Crippen LogP contribution in [0.2, 0.25) is 0 Å². The van der Waals surface area contributed by atoms with E-state index in [1.807, 2.05) is 32.0 Å². The van der Waals surface area contributed by atoms with Gasteiger partial charge in [-0.15, -0.1) is 0 Å². The molecule has 4 atom stereocenters. The van der Waals surface area contributed by atoms with Crippen molar-refractivity contribution in [1.82, 2.24) is 9.80 Å². The molecule has 4 aromatic rings. The minimum Gasteiger partial charge on any atom is -0.495 e. The SMILES string of the molecule is COc1cc(C2=NOC3(CCCN(C(C)c4ccc(F)cc4)C3=O)C2)ccc1N.COc1cc(C2=NOC3(CCCN(C(C)c4ccc(F)cc4)C3=O)C2)ccc1NC=O. The quantitative estimate of drug-likeness (QED) is 0.125. The minimum atomic E-state index is -1.03. The van der Waals surface area contributed by atoms with Crippen molar-refractivity contribution in [2.45, 2.75) is 75.7 Å². The van der Waals surface area contributed by atoms with Crippen molar-refractivity contribution in [3.8, 4) is 11.5 Å². The summed E-state index contributed by atoms with van der Waals surface area (Å²) in [6, 6.07) is 22.8. The molecule has 13 nitrogen and oxygen atoms in total. The van der Waals surface area contributed by atoms with Crippen LogP contribution in [0.25, 0.3) is 0 Å². The highest BCUT2D eigenvalue weighted by molar-refractivity contribution is 6.07. The topological polar surface area (TPSA) is 157 Å². The van der Waals surface area contributed by atoms with Gasteiger partial charge in [-0.1, -0.05) is 46.7 Å². The van der Waals surface area contributed by atoms with Crippen molar-refractivity contribution >= 4 is 41.0 Å². The van der Waals surface area contributed by atoms with E-state index in [2.05, 4.69) is 15.6 Å². The molecule has 2 fully saturated rings. The fourth-order valence-electron chi connectivity index (χ4n) is 8.30. The smallest absolute Gasteiger partial charge is 0.270 e. The average molecular weight is 823 g/mol. The number of oxime groups is 2. The molecule has 2 saturated heterocycles. The number of nitrogens with zero attached hydrogens (tertiary/aromatic N) is 4. The molecule has 4 unspecified atom stereocenters. The molecule has 0 saturated carbocycles. The van der Waals surface area contributed by atoms with E-state index in [1.54, 1.807) is 59.4 Å². The Bertz CT molecular complexity index is 2310. The zero-order valence-electron chi connectivity index (χ0n) is 34.0. The molecule has 314 valence electrons. The van der Waals surface area contributed by atoms with Crippen LogP contribution in [0, 0.1) is 11.6 Å². The molecule has 0 radical (unpaired) electrons. The van der Waals surface area contributed by atoms with E-state index in [1.165, 1.54) is 31.4 Å². The third-order valence-electron chi connectivity index (χ3n) is 11.8. The number of carbonyl (C=O) groups excluding carboxylic acids is 3. The van der Waals surface area contributed by atoms with E-state index in [0.29, 0.717) is 79.5 Å². The molecule has 4 aliphatic rings. The van der Waals surface area contributed by atoms with Gasteiger partial charge in [-0.05, 0) is 86.3 Å². The third-order valence-corrected chi connectivity index (χ3v) is 11.8. The Balaban J connectivity index is 0.000000182. The van der Waals surface area contributed by atoms with Crippen molar-refractivity contribution in [1.29, 1.82) is 0 Å². The summed E-state index contributed by atoms with van der Waals surface area (Å²) in [7, 11) is 3.08. The average Bonchev–Trinajstić information content (AvgIpc) is 3.90. The highest BCUT2D eigenvalue weighted by Crippen LogP contribution is 2.41. The summed E-state index contributed by atoms with van der Waals surface area (Å²) >= 11 is 0. The van der Waals surface area contributed by atoms with Crippen molar-refractivity contribution < 1.29 is 42.3 Å². The number of rotatable bonds is 10. The standard InChI is InChI=1S/C23H24FN3O4.C22H24FN3O3/c1-15(16-4-7-18(24)8-5-16)27-11-3-10-23(22(27)29)13-20(26-31-23)17-6-9-19(25-14-28)21(12-17)30-2;1-14(15-4-7-17(23)8-5-15)26-11-3-10-22(21(26)27)13-19(25-29-22)16-6-9-18(24)20(12-16)28-2/h4-9,12,14-15H,3,10-11,13H2,1-2H3,(H,25,28);4-9,12,14H,3,10-11,13,24H2,1-2H3. The Morgan fingerprint density at radius 2 is 1.17 bits per heavy atom. The fourth-order valence-corrected chi connectivity index (χ4v) is 8.30. The summed E-state index contributed by atoms with van der Waals surface area (Å²) in [4.78, 5) is 52.7. The number of nitrogens with one attached hydrogen (secondary N) is 1. The van der Waals surface area contributed by atoms with Gasteiger partial charge in [0.05, 0.1) is 49.1 Å². The second-order valence-corrected chi connectivity index (χ2v) is 15.4.